The van der Waals surface area contributed by atoms with Gasteiger partial charge >= 0.3 is 0 Å². The van der Waals surface area contributed by atoms with Crippen molar-refractivity contribution in [2.75, 3.05) is 11.6 Å². The van der Waals surface area contributed by atoms with Crippen LogP contribution in [0.3, 0.4) is 0 Å². The van der Waals surface area contributed by atoms with Gasteiger partial charge < -0.3 is 11.2 Å². The fraction of sp³-hybridized carbons (Fsp3) is 0.400. The molecule has 23 heavy (non-hydrogen) atoms. The minimum atomic E-state index is -0.0250. The zero-order valence-corrected chi connectivity index (χ0v) is 15.5. The van der Waals surface area contributed by atoms with Crippen LogP contribution >= 0.6 is 27.7 Å². The summed E-state index contributed by atoms with van der Waals surface area (Å²) in [7, 11) is 0. The zero-order valence-electron chi connectivity index (χ0n) is 13.1. The summed E-state index contributed by atoms with van der Waals surface area (Å²) in [4.78, 5) is 11.9. The molecule has 0 saturated heterocycles. The van der Waals surface area contributed by atoms with Crippen molar-refractivity contribution in [2.45, 2.75) is 37.9 Å². The number of rotatable bonds is 7. The highest BCUT2D eigenvalue weighted by atomic mass is 79.9. The summed E-state index contributed by atoms with van der Waals surface area (Å²) in [6.45, 7) is 4.10. The Hall–Kier alpha value is -1.54. The van der Waals surface area contributed by atoms with Crippen LogP contribution in [-0.2, 0) is 4.79 Å². The fourth-order valence-electron chi connectivity index (χ4n) is 2.15. The lowest BCUT2D eigenvalue weighted by Crippen LogP contribution is -2.33. The van der Waals surface area contributed by atoms with Gasteiger partial charge in [-0.15, -0.1) is 10.2 Å². The van der Waals surface area contributed by atoms with E-state index < -0.39 is 0 Å². The molecule has 2 aromatic rings. The van der Waals surface area contributed by atoms with Crippen LogP contribution in [0, 0.1) is 0 Å². The van der Waals surface area contributed by atoms with E-state index in [2.05, 4.69) is 38.4 Å². The smallest absolute Gasteiger partial charge is 0.230 e. The molecule has 124 valence electrons. The maximum atomic E-state index is 11.9. The van der Waals surface area contributed by atoms with E-state index in [9.17, 15) is 4.79 Å². The first-order valence-electron chi connectivity index (χ1n) is 7.39. The molecule has 0 aliphatic heterocycles. The van der Waals surface area contributed by atoms with Crippen LogP contribution in [0.25, 0.3) is 11.4 Å². The normalized spacial score (nSPS) is 12.1. The van der Waals surface area contributed by atoms with Crippen molar-refractivity contribution < 1.29 is 4.79 Å². The van der Waals surface area contributed by atoms with Crippen molar-refractivity contribution in [1.29, 1.82) is 0 Å². The average molecular weight is 398 g/mol. The molecule has 0 bridgehead atoms. The van der Waals surface area contributed by atoms with Crippen molar-refractivity contribution >= 4 is 33.6 Å². The highest BCUT2D eigenvalue weighted by Gasteiger charge is 2.14. The molecule has 1 aromatic carbocycles. The molecule has 0 radical (unpaired) electrons. The predicted octanol–water partition coefficient (Wildman–Crippen LogP) is 2.82. The molecule has 3 N–H and O–H groups in total. The highest BCUT2D eigenvalue weighted by Crippen LogP contribution is 2.23. The van der Waals surface area contributed by atoms with Crippen LogP contribution in [0.1, 0.15) is 26.7 Å². The fourth-order valence-corrected chi connectivity index (χ4v) is 3.22. The number of carbonyl (C=O) groups excluding carboxylic acids is 1. The van der Waals surface area contributed by atoms with Gasteiger partial charge in [0, 0.05) is 16.1 Å². The third-order valence-electron chi connectivity index (χ3n) is 3.21. The van der Waals surface area contributed by atoms with Crippen molar-refractivity contribution in [2.24, 2.45) is 0 Å². The van der Waals surface area contributed by atoms with Crippen molar-refractivity contribution in [3.8, 4) is 11.4 Å². The van der Waals surface area contributed by atoms with Crippen LogP contribution in [-0.4, -0.2) is 32.6 Å². The first kappa shape index (κ1) is 17.8. The minimum absolute atomic E-state index is 0.0250. The SMILES string of the molecule is CCC[C@H](C)NC(=O)CSc1nnc(-c2cccc(Br)c2)n1N. The van der Waals surface area contributed by atoms with Crippen molar-refractivity contribution in [1.82, 2.24) is 20.2 Å². The Morgan fingerprint density at radius 3 is 2.96 bits per heavy atom. The van der Waals surface area contributed by atoms with Gasteiger partial charge in [0.1, 0.15) is 0 Å². The number of aromatic nitrogens is 3. The Bertz CT molecular complexity index is 676. The lowest BCUT2D eigenvalue weighted by atomic mass is 10.2. The molecule has 6 nitrogen and oxygen atoms in total. The van der Waals surface area contributed by atoms with Gasteiger partial charge in [-0.05, 0) is 25.5 Å². The molecule has 0 fully saturated rings. The number of nitrogens with one attached hydrogen (secondary N) is 1. The van der Waals surface area contributed by atoms with Gasteiger partial charge in [-0.2, -0.15) is 0 Å². The minimum Gasteiger partial charge on any atom is -0.353 e. The third kappa shape index (κ3) is 4.97. The van der Waals surface area contributed by atoms with Gasteiger partial charge in [0.2, 0.25) is 11.1 Å². The van der Waals surface area contributed by atoms with Crippen LogP contribution in [0.15, 0.2) is 33.9 Å². The molecular formula is C15H20BrN5OS. The number of thioether (sulfide) groups is 1. The second-order valence-corrected chi connectivity index (χ2v) is 7.09. The molecule has 0 saturated carbocycles. The van der Waals surface area contributed by atoms with Gasteiger partial charge in [0.05, 0.1) is 5.75 Å². The summed E-state index contributed by atoms with van der Waals surface area (Å²) < 4.78 is 2.35. The Balaban J connectivity index is 1.99. The number of amides is 1. The Morgan fingerprint density at radius 2 is 2.26 bits per heavy atom. The molecule has 1 atom stereocenters. The Labute approximate surface area is 148 Å². The number of benzene rings is 1. The summed E-state index contributed by atoms with van der Waals surface area (Å²) in [5.41, 5.74) is 0.863. The largest absolute Gasteiger partial charge is 0.353 e. The van der Waals surface area contributed by atoms with E-state index in [1.807, 2.05) is 31.2 Å². The monoisotopic (exact) mass is 397 g/mol. The number of nitrogens with zero attached hydrogens (tertiary/aromatic N) is 3. The topological polar surface area (TPSA) is 85.8 Å². The number of hydrogen-bond acceptors (Lipinski definition) is 5. The standard InChI is InChI=1S/C15H20BrN5OS/c1-3-5-10(2)18-13(22)9-23-15-20-19-14(21(15)17)11-6-4-7-12(16)8-11/h4,6-8,10H,3,5,9,17H2,1-2H3,(H,18,22)/t10-/m0/s1. The predicted molar refractivity (Wildman–Crippen MR) is 96.5 cm³/mol. The van der Waals surface area contributed by atoms with Gasteiger partial charge in [-0.3, -0.25) is 4.79 Å². The van der Waals surface area contributed by atoms with E-state index in [0.29, 0.717) is 11.0 Å². The summed E-state index contributed by atoms with van der Waals surface area (Å²) in [5, 5.41) is 11.6. The van der Waals surface area contributed by atoms with E-state index in [0.717, 1.165) is 22.9 Å². The molecular weight excluding hydrogens is 378 g/mol. The molecule has 1 heterocycles. The average Bonchev–Trinajstić information content (AvgIpc) is 2.86. The van der Waals surface area contributed by atoms with Gasteiger partial charge in [0.15, 0.2) is 5.82 Å². The molecule has 0 unspecified atom stereocenters. The molecule has 1 amide bonds. The molecule has 8 heteroatoms. The van der Waals surface area contributed by atoms with E-state index >= 15 is 0 Å². The number of halogens is 1. The van der Waals surface area contributed by atoms with Crippen LogP contribution in [0.5, 0.6) is 0 Å². The molecule has 1 aromatic heterocycles. The summed E-state index contributed by atoms with van der Waals surface area (Å²) in [6, 6.07) is 7.84. The highest BCUT2D eigenvalue weighted by molar-refractivity contribution is 9.10. The van der Waals surface area contributed by atoms with Crippen LogP contribution < -0.4 is 11.2 Å². The quantitative estimate of drug-likeness (QED) is 0.553. The van der Waals surface area contributed by atoms with Gasteiger partial charge in [0.25, 0.3) is 0 Å². The van der Waals surface area contributed by atoms with Crippen molar-refractivity contribution in [3.05, 3.63) is 28.7 Å². The second kappa shape index (κ2) is 8.35. The number of nitrogens with two attached hydrogens (primary N) is 1. The zero-order chi connectivity index (χ0) is 16.8. The number of hydrogen-bond donors (Lipinski definition) is 2. The third-order valence-corrected chi connectivity index (χ3v) is 4.65. The maximum Gasteiger partial charge on any atom is 0.230 e. The van der Waals surface area contributed by atoms with Crippen LogP contribution in [0.2, 0.25) is 0 Å². The lowest BCUT2D eigenvalue weighted by molar-refractivity contribution is -0.119. The first-order valence-corrected chi connectivity index (χ1v) is 9.17. The Kier molecular flexibility index (Phi) is 6.47. The first-order chi connectivity index (χ1) is 11.0. The number of nitrogen functional groups attached to an aromatic ring is 1. The van der Waals surface area contributed by atoms with E-state index in [1.165, 1.54) is 16.4 Å². The van der Waals surface area contributed by atoms with Crippen molar-refractivity contribution in [3.63, 3.8) is 0 Å². The molecule has 0 aliphatic carbocycles. The van der Waals surface area contributed by atoms with Crippen LogP contribution in [0.4, 0.5) is 0 Å². The van der Waals surface area contributed by atoms with E-state index in [1.54, 1.807) is 0 Å². The molecule has 0 spiro atoms. The summed E-state index contributed by atoms with van der Waals surface area (Å²) in [5.74, 6) is 6.85. The summed E-state index contributed by atoms with van der Waals surface area (Å²) in [6.07, 6.45) is 2.01. The second-order valence-electron chi connectivity index (χ2n) is 5.23. The lowest BCUT2D eigenvalue weighted by Gasteiger charge is -2.12. The molecule has 0 aliphatic rings. The van der Waals surface area contributed by atoms with E-state index in [-0.39, 0.29) is 17.7 Å². The van der Waals surface area contributed by atoms with Gasteiger partial charge in [-0.25, -0.2) is 4.68 Å². The van der Waals surface area contributed by atoms with E-state index in [4.69, 9.17) is 5.84 Å². The summed E-state index contributed by atoms with van der Waals surface area (Å²) >= 11 is 4.70. The Morgan fingerprint density at radius 1 is 1.48 bits per heavy atom. The number of carbonyl (C=O) groups is 1. The maximum absolute atomic E-state index is 11.9. The molecule has 2 rings (SSSR count). The van der Waals surface area contributed by atoms with Gasteiger partial charge in [-0.1, -0.05) is 53.2 Å².